The van der Waals surface area contributed by atoms with Crippen LogP contribution >= 0.6 is 0 Å². The van der Waals surface area contributed by atoms with Crippen LogP contribution in [0.1, 0.15) is 47.1 Å². The van der Waals surface area contributed by atoms with Crippen molar-refractivity contribution in [2.75, 3.05) is 5.32 Å². The van der Waals surface area contributed by atoms with Gasteiger partial charge in [0.25, 0.3) is 0 Å². The molecule has 0 bridgehead atoms. The summed E-state index contributed by atoms with van der Waals surface area (Å²) < 4.78 is 119. The van der Waals surface area contributed by atoms with Crippen LogP contribution in [0.25, 0.3) is 5.57 Å². The van der Waals surface area contributed by atoms with Crippen LogP contribution in [-0.4, -0.2) is 6.04 Å². The largest absolute Gasteiger partial charge is 0.416 e. The minimum atomic E-state index is -5.13. The topological polar surface area (TPSA) is 35.8 Å². The first-order valence-electron chi connectivity index (χ1n) is 9.54. The Morgan fingerprint density at radius 1 is 0.848 bits per heavy atom. The van der Waals surface area contributed by atoms with Crippen LogP contribution in [0.2, 0.25) is 0 Å². The van der Waals surface area contributed by atoms with Crippen molar-refractivity contribution in [1.29, 1.82) is 5.26 Å². The summed E-state index contributed by atoms with van der Waals surface area (Å²) in [6.07, 6.45) is -13.2. The van der Waals surface area contributed by atoms with E-state index in [-0.39, 0.29) is 22.9 Å². The van der Waals surface area contributed by atoms with Crippen molar-refractivity contribution >= 4 is 11.3 Å². The van der Waals surface area contributed by atoms with Gasteiger partial charge < -0.3 is 5.32 Å². The van der Waals surface area contributed by atoms with E-state index in [1.54, 1.807) is 13.0 Å². The Morgan fingerprint density at radius 2 is 1.39 bits per heavy atom. The van der Waals surface area contributed by atoms with Gasteiger partial charge in [-0.3, -0.25) is 0 Å². The molecule has 2 nitrogen and oxygen atoms in total. The third-order valence-electron chi connectivity index (χ3n) is 5.20. The number of fused-ring (bicyclic) bond motifs is 1. The highest BCUT2D eigenvalue weighted by molar-refractivity contribution is 5.85. The van der Waals surface area contributed by atoms with Crippen molar-refractivity contribution < 1.29 is 39.5 Å². The number of benzene rings is 2. The van der Waals surface area contributed by atoms with Gasteiger partial charge in [-0.05, 0) is 54.0 Å². The zero-order valence-electron chi connectivity index (χ0n) is 16.8. The molecule has 0 radical (unpaired) electrons. The Bertz CT molecular complexity index is 1090. The van der Waals surface area contributed by atoms with Gasteiger partial charge in [0.2, 0.25) is 0 Å². The van der Waals surface area contributed by atoms with Crippen LogP contribution in [-0.2, 0) is 18.5 Å². The molecular formula is C22H15F9N2. The summed E-state index contributed by atoms with van der Waals surface area (Å²) in [6, 6.07) is 4.59. The van der Waals surface area contributed by atoms with Crippen LogP contribution in [0.5, 0.6) is 0 Å². The molecule has 0 fully saturated rings. The lowest BCUT2D eigenvalue weighted by atomic mass is 9.82. The van der Waals surface area contributed by atoms with Crippen LogP contribution in [0.3, 0.4) is 0 Å². The minimum absolute atomic E-state index is 0.0701. The third kappa shape index (κ3) is 5.10. The molecule has 0 saturated carbocycles. The number of alkyl halides is 9. The third-order valence-corrected chi connectivity index (χ3v) is 5.20. The maximum Gasteiger partial charge on any atom is 0.416 e. The Kier molecular flexibility index (Phi) is 6.17. The number of rotatable bonds is 3. The molecule has 2 aromatic carbocycles. The summed E-state index contributed by atoms with van der Waals surface area (Å²) in [4.78, 5) is 0. The van der Waals surface area contributed by atoms with E-state index in [1.807, 2.05) is 0 Å². The predicted molar refractivity (Wildman–Crippen MR) is 102 cm³/mol. The van der Waals surface area contributed by atoms with Gasteiger partial charge in [0.15, 0.2) is 0 Å². The molecule has 1 N–H and O–H groups in total. The van der Waals surface area contributed by atoms with E-state index in [4.69, 9.17) is 0 Å². The van der Waals surface area contributed by atoms with E-state index in [1.165, 1.54) is 6.08 Å². The number of halogens is 9. The Balaban J connectivity index is 2.25. The maximum atomic E-state index is 13.3. The fraction of sp³-hybridized carbons (Fsp3) is 0.318. The summed E-state index contributed by atoms with van der Waals surface area (Å²) in [7, 11) is 0. The second-order valence-corrected chi connectivity index (χ2v) is 7.44. The molecule has 176 valence electrons. The van der Waals surface area contributed by atoms with Gasteiger partial charge in [0.1, 0.15) is 0 Å². The molecule has 2 unspecified atom stereocenters. The summed E-state index contributed by atoms with van der Waals surface area (Å²) in [5, 5.41) is 12.7. The molecule has 0 spiro atoms. The van der Waals surface area contributed by atoms with E-state index in [2.05, 4.69) is 5.32 Å². The first-order chi connectivity index (χ1) is 15.1. The fourth-order valence-electron chi connectivity index (χ4n) is 3.57. The predicted octanol–water partition coefficient (Wildman–Crippen LogP) is 7.64. The Hall–Kier alpha value is -3.16. The highest BCUT2D eigenvalue weighted by Crippen LogP contribution is 2.44. The lowest BCUT2D eigenvalue weighted by Gasteiger charge is -2.29. The van der Waals surface area contributed by atoms with Gasteiger partial charge in [-0.15, -0.1) is 0 Å². The average Bonchev–Trinajstić information content (AvgIpc) is 2.71. The van der Waals surface area contributed by atoms with Gasteiger partial charge in [-0.2, -0.15) is 44.8 Å². The van der Waals surface area contributed by atoms with Crippen molar-refractivity contribution in [3.8, 4) is 6.07 Å². The highest BCUT2D eigenvalue weighted by atomic mass is 19.4. The second-order valence-electron chi connectivity index (χ2n) is 7.44. The Labute approximate surface area is 182 Å². The van der Waals surface area contributed by atoms with Crippen molar-refractivity contribution in [3.63, 3.8) is 0 Å². The standard InChI is InChI=1S/C22H15F9N2/c1-2-15-9-16(17-8-12(20(23,24)25)3-4-19(17)33-15)18(10-32)11-5-13(21(26,27)28)7-14(6-11)22(29,30)31/h3-9,15,18,33H,2H2,1H3. The van der Waals surface area contributed by atoms with E-state index < -0.39 is 52.7 Å². The summed E-state index contributed by atoms with van der Waals surface area (Å²) in [5.41, 5.74) is -4.94. The first-order valence-corrected chi connectivity index (χ1v) is 9.54. The lowest BCUT2D eigenvalue weighted by Crippen LogP contribution is -2.23. The maximum absolute atomic E-state index is 13.3. The molecule has 2 aromatic rings. The molecule has 0 amide bonds. The first kappa shape index (κ1) is 24.5. The van der Waals surface area contributed by atoms with E-state index in [0.29, 0.717) is 18.6 Å². The second kappa shape index (κ2) is 8.32. The molecule has 1 heterocycles. The zero-order valence-corrected chi connectivity index (χ0v) is 16.8. The Morgan fingerprint density at radius 3 is 1.85 bits per heavy atom. The van der Waals surface area contributed by atoms with Gasteiger partial charge in [0.05, 0.1) is 28.7 Å². The number of hydrogen-bond acceptors (Lipinski definition) is 2. The van der Waals surface area contributed by atoms with E-state index in [0.717, 1.165) is 18.2 Å². The van der Waals surface area contributed by atoms with Crippen molar-refractivity contribution in [1.82, 2.24) is 0 Å². The molecule has 0 aliphatic carbocycles. The number of nitrogens with zero attached hydrogens (tertiary/aromatic N) is 1. The summed E-state index contributed by atoms with van der Waals surface area (Å²) in [6.45, 7) is 1.72. The minimum Gasteiger partial charge on any atom is -0.378 e. The van der Waals surface area contributed by atoms with Gasteiger partial charge in [0, 0.05) is 17.3 Å². The molecule has 2 atom stereocenters. The van der Waals surface area contributed by atoms with Gasteiger partial charge in [-0.1, -0.05) is 13.0 Å². The van der Waals surface area contributed by atoms with Gasteiger partial charge in [-0.25, -0.2) is 0 Å². The van der Waals surface area contributed by atoms with E-state index >= 15 is 0 Å². The quantitative estimate of drug-likeness (QED) is 0.461. The van der Waals surface area contributed by atoms with Crippen LogP contribution < -0.4 is 5.32 Å². The molecule has 3 rings (SSSR count). The normalized spacial score (nSPS) is 17.5. The molecule has 33 heavy (non-hydrogen) atoms. The molecule has 0 aromatic heterocycles. The van der Waals surface area contributed by atoms with E-state index in [9.17, 15) is 44.8 Å². The number of anilines is 1. The molecule has 11 heteroatoms. The van der Waals surface area contributed by atoms with Crippen LogP contribution in [0.4, 0.5) is 45.2 Å². The zero-order chi connectivity index (χ0) is 24.8. The SMILES string of the molecule is CCC1C=C(C(C#N)c2cc(C(F)(F)F)cc(C(F)(F)F)c2)c2cc(C(F)(F)F)ccc2N1. The fourth-order valence-corrected chi connectivity index (χ4v) is 3.57. The molecular weight excluding hydrogens is 463 g/mol. The monoisotopic (exact) mass is 478 g/mol. The number of allylic oxidation sites excluding steroid dienone is 1. The molecule has 1 aliphatic heterocycles. The highest BCUT2D eigenvalue weighted by Gasteiger charge is 2.39. The van der Waals surface area contributed by atoms with Crippen LogP contribution in [0.15, 0.2) is 42.5 Å². The number of hydrogen-bond donors (Lipinski definition) is 1. The lowest BCUT2D eigenvalue weighted by molar-refractivity contribution is -0.143. The summed E-state index contributed by atoms with van der Waals surface area (Å²) in [5.74, 6) is -1.67. The van der Waals surface area contributed by atoms with Crippen molar-refractivity contribution in [2.45, 2.75) is 43.8 Å². The smallest absolute Gasteiger partial charge is 0.378 e. The molecule has 0 saturated heterocycles. The molecule has 1 aliphatic rings. The van der Waals surface area contributed by atoms with Gasteiger partial charge >= 0.3 is 18.5 Å². The number of nitrogens with one attached hydrogen (secondary N) is 1. The average molecular weight is 478 g/mol. The van der Waals surface area contributed by atoms with Crippen molar-refractivity contribution in [2.24, 2.45) is 0 Å². The van der Waals surface area contributed by atoms with Crippen LogP contribution in [0, 0.1) is 11.3 Å². The number of nitriles is 1. The summed E-state index contributed by atoms with van der Waals surface area (Å²) >= 11 is 0. The van der Waals surface area contributed by atoms with Crippen molar-refractivity contribution in [3.05, 3.63) is 70.3 Å².